The number of halogens is 1. The van der Waals surface area contributed by atoms with Gasteiger partial charge in [0.05, 0.1) is 0 Å². The highest BCUT2D eigenvalue weighted by molar-refractivity contribution is 5.95. The van der Waals surface area contributed by atoms with E-state index in [1.807, 2.05) is 0 Å². The Bertz CT molecular complexity index is 673. The summed E-state index contributed by atoms with van der Waals surface area (Å²) in [6.45, 7) is 3.35. The zero-order valence-electron chi connectivity index (χ0n) is 11.0. The van der Waals surface area contributed by atoms with Crippen molar-refractivity contribution in [3.63, 3.8) is 0 Å². The highest BCUT2D eigenvalue weighted by atomic mass is 19.1. The Morgan fingerprint density at radius 2 is 2.05 bits per heavy atom. The van der Waals surface area contributed by atoms with Crippen LogP contribution in [0, 0.1) is 19.7 Å². The molecule has 0 saturated carbocycles. The first-order valence-corrected chi connectivity index (χ1v) is 5.77. The van der Waals surface area contributed by atoms with E-state index in [0.717, 1.165) is 0 Å². The third-order valence-corrected chi connectivity index (χ3v) is 2.54. The van der Waals surface area contributed by atoms with Crippen molar-refractivity contribution in [3.05, 3.63) is 47.0 Å². The Kier molecular flexibility index (Phi) is 3.79. The molecule has 1 aromatic carbocycles. The second kappa shape index (κ2) is 5.52. The molecule has 6 nitrogen and oxygen atoms in total. The molecule has 2 rings (SSSR count). The largest absolute Gasteiger partial charge is 0.424 e. The van der Waals surface area contributed by atoms with Crippen molar-refractivity contribution in [2.75, 3.05) is 0 Å². The fourth-order valence-corrected chi connectivity index (χ4v) is 1.56. The molecule has 0 radical (unpaired) electrons. The number of nitrogens with two attached hydrogens (primary N) is 1. The zero-order valence-corrected chi connectivity index (χ0v) is 11.0. The number of benzene rings is 1. The summed E-state index contributed by atoms with van der Waals surface area (Å²) < 4.78 is 18.6. The fraction of sp³-hybridized carbons (Fsp3) is 0.154. The van der Waals surface area contributed by atoms with Gasteiger partial charge in [0, 0.05) is 5.69 Å². The minimum Gasteiger partial charge on any atom is -0.424 e. The first-order valence-electron chi connectivity index (χ1n) is 5.77. The van der Waals surface area contributed by atoms with Crippen molar-refractivity contribution in [2.24, 2.45) is 10.9 Å². The van der Waals surface area contributed by atoms with Crippen molar-refractivity contribution in [2.45, 2.75) is 13.8 Å². The molecule has 0 bridgehead atoms. The van der Waals surface area contributed by atoms with Crippen LogP contribution in [0.4, 0.5) is 4.39 Å². The molecule has 0 aliphatic heterocycles. The van der Waals surface area contributed by atoms with E-state index in [9.17, 15) is 4.39 Å². The summed E-state index contributed by atoms with van der Waals surface area (Å²) >= 11 is 0. The first-order chi connectivity index (χ1) is 9.49. The average Bonchev–Trinajstić information content (AvgIpc) is 2.41. The van der Waals surface area contributed by atoms with Crippen molar-refractivity contribution < 1.29 is 14.3 Å². The maximum Gasteiger partial charge on any atom is 0.322 e. The van der Waals surface area contributed by atoms with E-state index in [2.05, 4.69) is 15.1 Å². The second-order valence-corrected chi connectivity index (χ2v) is 4.18. The van der Waals surface area contributed by atoms with Crippen LogP contribution in [0.15, 0.2) is 29.4 Å². The SMILES string of the molecule is Cc1cc(/C(N)=N/O)nc(Oc2ccc(F)c(C)c2)n1. The quantitative estimate of drug-likeness (QED) is 0.387. The monoisotopic (exact) mass is 276 g/mol. The second-order valence-electron chi connectivity index (χ2n) is 4.18. The number of rotatable bonds is 3. The molecule has 0 aliphatic rings. The molecule has 0 amide bonds. The number of aryl methyl sites for hydroxylation is 2. The van der Waals surface area contributed by atoms with Gasteiger partial charge in [-0.15, -0.1) is 0 Å². The van der Waals surface area contributed by atoms with Crippen LogP contribution in [0.25, 0.3) is 0 Å². The van der Waals surface area contributed by atoms with Crippen molar-refractivity contribution in [1.29, 1.82) is 0 Å². The van der Waals surface area contributed by atoms with Crippen molar-refractivity contribution in [3.8, 4) is 11.8 Å². The average molecular weight is 276 g/mol. The van der Waals surface area contributed by atoms with Gasteiger partial charge in [-0.2, -0.15) is 4.98 Å². The predicted octanol–water partition coefficient (Wildman–Crippen LogP) is 2.12. The number of hydrogen-bond donors (Lipinski definition) is 2. The van der Waals surface area contributed by atoms with Crippen LogP contribution in [-0.2, 0) is 0 Å². The van der Waals surface area contributed by atoms with Gasteiger partial charge in [-0.1, -0.05) is 5.16 Å². The van der Waals surface area contributed by atoms with E-state index in [1.165, 1.54) is 18.2 Å². The Morgan fingerprint density at radius 1 is 1.30 bits per heavy atom. The molecule has 1 aromatic heterocycles. The predicted molar refractivity (Wildman–Crippen MR) is 70.5 cm³/mol. The van der Waals surface area contributed by atoms with Gasteiger partial charge in [-0.25, -0.2) is 9.37 Å². The van der Waals surface area contributed by atoms with Gasteiger partial charge in [0.1, 0.15) is 17.3 Å². The molecule has 3 N–H and O–H groups in total. The van der Waals surface area contributed by atoms with Crippen LogP contribution in [-0.4, -0.2) is 21.0 Å². The maximum atomic E-state index is 13.2. The molecule has 0 unspecified atom stereocenters. The number of oxime groups is 1. The van der Waals surface area contributed by atoms with Gasteiger partial charge in [-0.05, 0) is 43.7 Å². The summed E-state index contributed by atoms with van der Waals surface area (Å²) in [6.07, 6.45) is 0. The fourth-order valence-electron chi connectivity index (χ4n) is 1.56. The number of nitrogens with zero attached hydrogens (tertiary/aromatic N) is 3. The maximum absolute atomic E-state index is 13.2. The third kappa shape index (κ3) is 3.00. The Hall–Kier alpha value is -2.70. The highest BCUT2D eigenvalue weighted by Crippen LogP contribution is 2.21. The number of hydrogen-bond acceptors (Lipinski definition) is 5. The van der Waals surface area contributed by atoms with Crippen LogP contribution in [0.2, 0.25) is 0 Å². The van der Waals surface area contributed by atoms with E-state index in [0.29, 0.717) is 17.0 Å². The third-order valence-electron chi connectivity index (χ3n) is 2.54. The van der Waals surface area contributed by atoms with Gasteiger partial charge in [0.2, 0.25) is 0 Å². The van der Waals surface area contributed by atoms with Crippen molar-refractivity contribution >= 4 is 5.84 Å². The summed E-state index contributed by atoms with van der Waals surface area (Å²) in [5, 5.41) is 11.5. The van der Waals surface area contributed by atoms with Crippen LogP contribution in [0.3, 0.4) is 0 Å². The lowest BCUT2D eigenvalue weighted by Crippen LogP contribution is -2.16. The van der Waals surface area contributed by atoms with E-state index < -0.39 is 0 Å². The standard InChI is InChI=1S/C13H13FN4O2/c1-7-5-9(3-4-10(7)14)20-13-16-8(2)6-11(17-13)12(15)18-19/h3-6,19H,1-2H3,(H2,15,18). The van der Waals surface area contributed by atoms with E-state index >= 15 is 0 Å². The van der Waals surface area contributed by atoms with E-state index in [1.54, 1.807) is 19.9 Å². The topological polar surface area (TPSA) is 93.6 Å². The molecule has 0 aliphatic carbocycles. The molecular weight excluding hydrogens is 263 g/mol. The highest BCUT2D eigenvalue weighted by Gasteiger charge is 2.09. The molecule has 20 heavy (non-hydrogen) atoms. The Balaban J connectivity index is 2.33. The zero-order chi connectivity index (χ0) is 14.7. The van der Waals surface area contributed by atoms with E-state index in [4.69, 9.17) is 15.7 Å². The van der Waals surface area contributed by atoms with Gasteiger partial charge in [0.15, 0.2) is 5.84 Å². The molecule has 7 heteroatoms. The minimum atomic E-state index is -0.320. The summed E-state index contributed by atoms with van der Waals surface area (Å²) in [4.78, 5) is 8.09. The van der Waals surface area contributed by atoms with Crippen LogP contribution in [0.1, 0.15) is 17.0 Å². The summed E-state index contributed by atoms with van der Waals surface area (Å²) in [6, 6.07) is 5.89. The summed E-state index contributed by atoms with van der Waals surface area (Å²) in [5.74, 6) is -0.0598. The molecule has 2 aromatic rings. The molecule has 1 heterocycles. The number of amidine groups is 1. The van der Waals surface area contributed by atoms with Gasteiger partial charge >= 0.3 is 6.01 Å². The van der Waals surface area contributed by atoms with Gasteiger partial charge < -0.3 is 15.7 Å². The minimum absolute atomic E-state index is 0.0395. The van der Waals surface area contributed by atoms with Gasteiger partial charge in [0.25, 0.3) is 0 Å². The summed E-state index contributed by atoms with van der Waals surface area (Å²) in [5.41, 5.74) is 6.76. The molecular formula is C13H13FN4O2. The van der Waals surface area contributed by atoms with Crippen LogP contribution in [0.5, 0.6) is 11.8 Å². The van der Waals surface area contributed by atoms with Crippen LogP contribution < -0.4 is 10.5 Å². The first kappa shape index (κ1) is 13.7. The molecule has 0 spiro atoms. The molecule has 0 atom stereocenters. The Labute approximate surface area is 114 Å². The lowest BCUT2D eigenvalue weighted by molar-refractivity contribution is 0.318. The van der Waals surface area contributed by atoms with Crippen LogP contribution >= 0.6 is 0 Å². The molecule has 0 fully saturated rings. The normalized spacial score (nSPS) is 11.4. The smallest absolute Gasteiger partial charge is 0.322 e. The summed E-state index contributed by atoms with van der Waals surface area (Å²) in [7, 11) is 0. The number of ether oxygens (including phenoxy) is 1. The molecule has 104 valence electrons. The molecule has 0 saturated heterocycles. The lowest BCUT2D eigenvalue weighted by Gasteiger charge is -2.07. The van der Waals surface area contributed by atoms with E-state index in [-0.39, 0.29) is 23.4 Å². The number of aromatic nitrogens is 2. The Morgan fingerprint density at radius 3 is 2.70 bits per heavy atom. The van der Waals surface area contributed by atoms with Crippen molar-refractivity contribution in [1.82, 2.24) is 9.97 Å². The lowest BCUT2D eigenvalue weighted by atomic mass is 10.2. The van der Waals surface area contributed by atoms with Gasteiger partial charge in [-0.3, -0.25) is 0 Å².